The highest BCUT2D eigenvalue weighted by Crippen LogP contribution is 2.30. The number of allylic oxidation sites excluding steroid dienone is 2. The predicted octanol–water partition coefficient (Wildman–Crippen LogP) is 5.77. The van der Waals surface area contributed by atoms with Crippen molar-refractivity contribution in [3.63, 3.8) is 0 Å². The van der Waals surface area contributed by atoms with E-state index in [1.165, 1.54) is 44.2 Å². The van der Waals surface area contributed by atoms with Crippen LogP contribution in [0.25, 0.3) is 5.57 Å². The fourth-order valence-electron chi connectivity index (χ4n) is 4.39. The molecule has 1 aliphatic carbocycles. The Labute approximate surface area is 167 Å². The van der Waals surface area contributed by atoms with Crippen molar-refractivity contribution in [1.29, 1.82) is 0 Å². The number of nitrogens with zero attached hydrogens (tertiary/aromatic N) is 2. The van der Waals surface area contributed by atoms with Crippen LogP contribution < -0.4 is 0 Å². The third-order valence-electron chi connectivity index (χ3n) is 6.03. The van der Waals surface area contributed by atoms with Gasteiger partial charge in [-0.05, 0) is 37.7 Å². The summed E-state index contributed by atoms with van der Waals surface area (Å²) in [5, 5.41) is 7.79. The second kappa shape index (κ2) is 9.13. The lowest BCUT2D eigenvalue weighted by molar-refractivity contribution is 0.0992. The number of rotatable bonds is 7. The normalized spacial score (nSPS) is 17.9. The van der Waals surface area contributed by atoms with Gasteiger partial charge in [-0.3, -0.25) is 14.9 Å². The number of ketones is 1. The highest BCUT2D eigenvalue weighted by molar-refractivity contribution is 5.99. The highest BCUT2D eigenvalue weighted by Gasteiger charge is 2.19. The first-order valence-corrected chi connectivity index (χ1v) is 10.7. The van der Waals surface area contributed by atoms with Crippen molar-refractivity contribution in [2.75, 3.05) is 0 Å². The summed E-state index contributed by atoms with van der Waals surface area (Å²) in [6.45, 7) is 0. The van der Waals surface area contributed by atoms with Crippen LogP contribution in [0.3, 0.4) is 0 Å². The van der Waals surface area contributed by atoms with Gasteiger partial charge in [0.05, 0.1) is 17.8 Å². The number of hydrogen-bond donors (Lipinski definition) is 1. The molecule has 1 fully saturated rings. The first kappa shape index (κ1) is 18.9. The second-order valence-electron chi connectivity index (χ2n) is 8.06. The maximum atomic E-state index is 12.6. The number of carbonyl (C=O) groups excluding carboxylic acids is 1. The molecule has 2 heterocycles. The van der Waals surface area contributed by atoms with Crippen molar-refractivity contribution in [2.45, 2.75) is 64.2 Å². The van der Waals surface area contributed by atoms with Gasteiger partial charge in [0.1, 0.15) is 0 Å². The number of aromatic nitrogens is 2. The summed E-state index contributed by atoms with van der Waals surface area (Å²) in [4.78, 5) is 17.2. The molecule has 4 heteroatoms. The molecule has 146 valence electrons. The summed E-state index contributed by atoms with van der Waals surface area (Å²) in [5.74, 6) is 0.984. The zero-order valence-corrected chi connectivity index (χ0v) is 16.5. The summed E-state index contributed by atoms with van der Waals surface area (Å²) < 4.78 is 0. The van der Waals surface area contributed by atoms with Crippen molar-refractivity contribution in [3.8, 4) is 0 Å². The molecule has 1 aromatic carbocycles. The van der Waals surface area contributed by atoms with Crippen molar-refractivity contribution >= 4 is 17.6 Å². The topological polar surface area (TPSA) is 58.1 Å². The van der Waals surface area contributed by atoms with E-state index >= 15 is 0 Å². The van der Waals surface area contributed by atoms with E-state index in [0.717, 1.165) is 47.7 Å². The molecule has 0 atom stereocenters. The number of hydrogen-bond acceptors (Lipinski definition) is 3. The largest absolute Gasteiger partial charge is 0.294 e. The van der Waals surface area contributed by atoms with Gasteiger partial charge in [-0.1, -0.05) is 62.4 Å². The molecule has 1 aliphatic heterocycles. The minimum atomic E-state index is 0.111. The van der Waals surface area contributed by atoms with E-state index in [2.05, 4.69) is 21.3 Å². The number of Topliss-reactive ketones (excluding diaryl/α,β-unsaturated/α-hetero) is 1. The molecule has 1 aromatic heterocycles. The molecular weight excluding hydrogens is 346 g/mol. The molecule has 4 rings (SSSR count). The molecule has 0 saturated heterocycles. The SMILES string of the molecule is O=C(CC1=C(c2cc(CCC3CCCCC3)[nH]n2)CCC=N1)c1ccccc1. The van der Waals surface area contributed by atoms with E-state index in [4.69, 9.17) is 0 Å². The van der Waals surface area contributed by atoms with Crippen LogP contribution in [-0.4, -0.2) is 22.2 Å². The minimum Gasteiger partial charge on any atom is -0.294 e. The van der Waals surface area contributed by atoms with E-state index in [-0.39, 0.29) is 5.78 Å². The summed E-state index contributed by atoms with van der Waals surface area (Å²) in [6, 6.07) is 11.6. The third-order valence-corrected chi connectivity index (χ3v) is 6.03. The molecule has 0 amide bonds. The zero-order valence-electron chi connectivity index (χ0n) is 16.5. The van der Waals surface area contributed by atoms with E-state index in [1.807, 2.05) is 36.5 Å². The smallest absolute Gasteiger partial charge is 0.168 e. The monoisotopic (exact) mass is 375 g/mol. The van der Waals surface area contributed by atoms with E-state index in [0.29, 0.717) is 6.42 Å². The van der Waals surface area contributed by atoms with Gasteiger partial charge >= 0.3 is 0 Å². The second-order valence-corrected chi connectivity index (χ2v) is 8.06. The fraction of sp³-hybridized carbons (Fsp3) is 0.458. The molecule has 0 unspecified atom stereocenters. The van der Waals surface area contributed by atoms with E-state index < -0.39 is 0 Å². The Bertz CT molecular complexity index is 857. The Morgan fingerprint density at radius 3 is 2.75 bits per heavy atom. The molecule has 4 nitrogen and oxygen atoms in total. The molecular formula is C24H29N3O. The number of carbonyl (C=O) groups is 1. The van der Waals surface area contributed by atoms with Gasteiger partial charge in [0, 0.05) is 23.0 Å². The van der Waals surface area contributed by atoms with Crippen LogP contribution in [0.15, 0.2) is 47.1 Å². The van der Waals surface area contributed by atoms with E-state index in [9.17, 15) is 4.79 Å². The van der Waals surface area contributed by atoms with Crippen LogP contribution in [0.2, 0.25) is 0 Å². The van der Waals surface area contributed by atoms with Crippen LogP contribution >= 0.6 is 0 Å². The zero-order chi connectivity index (χ0) is 19.2. The first-order valence-electron chi connectivity index (χ1n) is 10.7. The maximum absolute atomic E-state index is 12.6. The highest BCUT2D eigenvalue weighted by atomic mass is 16.1. The lowest BCUT2D eigenvalue weighted by atomic mass is 9.86. The molecule has 1 N–H and O–H groups in total. The Balaban J connectivity index is 1.45. The van der Waals surface area contributed by atoms with Gasteiger partial charge in [-0.25, -0.2) is 0 Å². The van der Waals surface area contributed by atoms with Crippen LogP contribution in [-0.2, 0) is 6.42 Å². The van der Waals surface area contributed by atoms with Crippen LogP contribution in [0.1, 0.15) is 79.5 Å². The lowest BCUT2D eigenvalue weighted by Crippen LogP contribution is -2.07. The Morgan fingerprint density at radius 1 is 1.11 bits per heavy atom. The summed E-state index contributed by atoms with van der Waals surface area (Å²) in [5.41, 5.74) is 4.89. The molecule has 0 bridgehead atoms. The van der Waals surface area contributed by atoms with Crippen LogP contribution in [0, 0.1) is 5.92 Å². The average Bonchev–Trinajstić information content (AvgIpc) is 3.23. The van der Waals surface area contributed by atoms with Crippen molar-refractivity contribution in [2.24, 2.45) is 10.9 Å². The van der Waals surface area contributed by atoms with Gasteiger partial charge in [-0.2, -0.15) is 5.10 Å². The van der Waals surface area contributed by atoms with Crippen LogP contribution in [0.5, 0.6) is 0 Å². The number of H-pyrrole nitrogens is 1. The Morgan fingerprint density at radius 2 is 1.93 bits per heavy atom. The Hall–Kier alpha value is -2.49. The van der Waals surface area contributed by atoms with Gasteiger partial charge in [0.25, 0.3) is 0 Å². The molecule has 0 spiro atoms. The molecule has 0 radical (unpaired) electrons. The summed E-state index contributed by atoms with van der Waals surface area (Å²) >= 11 is 0. The lowest BCUT2D eigenvalue weighted by Gasteiger charge is -2.20. The standard InChI is InChI=1S/C24H29N3O/c28-24(19-10-5-2-6-11-19)17-22-21(12-7-15-25-22)23-16-20(26-27-23)14-13-18-8-3-1-4-9-18/h2,5-6,10-11,15-16,18H,1,3-4,7-9,12-14,17H2,(H,26,27). The molecule has 1 saturated carbocycles. The number of aliphatic imine (C=N–C) groups is 1. The number of aryl methyl sites for hydroxylation is 1. The number of nitrogens with one attached hydrogen (secondary N) is 1. The van der Waals surface area contributed by atoms with Crippen molar-refractivity contribution < 1.29 is 4.79 Å². The van der Waals surface area contributed by atoms with Gasteiger partial charge < -0.3 is 0 Å². The van der Waals surface area contributed by atoms with Gasteiger partial charge in [-0.15, -0.1) is 0 Å². The number of aromatic amines is 1. The third kappa shape index (κ3) is 4.67. The molecule has 28 heavy (non-hydrogen) atoms. The summed E-state index contributed by atoms with van der Waals surface area (Å²) in [7, 11) is 0. The average molecular weight is 376 g/mol. The first-order chi connectivity index (χ1) is 13.8. The quantitative estimate of drug-likeness (QED) is 0.624. The van der Waals surface area contributed by atoms with Gasteiger partial charge in [0.2, 0.25) is 0 Å². The van der Waals surface area contributed by atoms with Gasteiger partial charge in [0.15, 0.2) is 5.78 Å². The maximum Gasteiger partial charge on any atom is 0.168 e. The predicted molar refractivity (Wildman–Crippen MR) is 114 cm³/mol. The van der Waals surface area contributed by atoms with Crippen molar-refractivity contribution in [1.82, 2.24) is 10.2 Å². The fourth-order valence-corrected chi connectivity index (χ4v) is 4.39. The molecule has 2 aliphatic rings. The number of benzene rings is 1. The van der Waals surface area contributed by atoms with Crippen LogP contribution in [0.4, 0.5) is 0 Å². The Kier molecular flexibility index (Phi) is 6.15. The van der Waals surface area contributed by atoms with Crippen molar-refractivity contribution in [3.05, 3.63) is 59.0 Å². The summed E-state index contributed by atoms with van der Waals surface area (Å²) in [6.07, 6.45) is 13.3. The molecule has 2 aromatic rings. The minimum absolute atomic E-state index is 0.111. The van der Waals surface area contributed by atoms with E-state index in [1.54, 1.807) is 0 Å².